The molecule has 1 aromatic carbocycles. The first-order valence-corrected chi connectivity index (χ1v) is 7.84. The fraction of sp³-hybridized carbons (Fsp3) is 0.667. The summed E-state index contributed by atoms with van der Waals surface area (Å²) in [4.78, 5) is 0. The molecule has 1 saturated carbocycles. The fourth-order valence-electron chi connectivity index (χ4n) is 5.13. The van der Waals surface area contributed by atoms with Gasteiger partial charge in [-0.25, -0.2) is 4.39 Å². The Morgan fingerprint density at radius 3 is 2.33 bits per heavy atom. The molecule has 1 heterocycles. The van der Waals surface area contributed by atoms with Crippen LogP contribution in [0.4, 0.5) is 4.39 Å². The van der Waals surface area contributed by atoms with Crippen LogP contribution in [0.25, 0.3) is 0 Å². The molecule has 21 heavy (non-hydrogen) atoms. The highest BCUT2D eigenvalue weighted by Gasteiger charge is 2.51. The highest BCUT2D eigenvalue weighted by Crippen LogP contribution is 2.55. The number of halogens is 1. The second kappa shape index (κ2) is 4.45. The Bertz CT molecular complexity index is 548. The van der Waals surface area contributed by atoms with Crippen molar-refractivity contribution in [2.45, 2.75) is 65.0 Å². The lowest BCUT2D eigenvalue weighted by Gasteiger charge is -2.54. The van der Waals surface area contributed by atoms with Crippen molar-refractivity contribution in [2.24, 2.45) is 16.6 Å². The molecule has 0 aromatic heterocycles. The third-order valence-corrected chi connectivity index (χ3v) is 4.85. The van der Waals surface area contributed by atoms with Crippen molar-refractivity contribution in [3.63, 3.8) is 0 Å². The Morgan fingerprint density at radius 2 is 1.71 bits per heavy atom. The molecule has 1 aliphatic heterocycles. The minimum atomic E-state index is -0.243. The summed E-state index contributed by atoms with van der Waals surface area (Å²) in [5, 5.41) is 0. The Labute approximate surface area is 126 Å². The first-order chi connectivity index (χ1) is 9.60. The maximum Gasteiger partial charge on any atom is 0.125 e. The predicted molar refractivity (Wildman–Crippen MR) is 82.7 cm³/mol. The standard InChI is InChI=1S/C18H26FNO/c1-16(2)9-17(3,4)11-18(10-16)8-14(20)13-7-12(19)5-6-15(13)21-18/h5-7,14H,8-11,20H2,1-4H3/t14-/m0/s1. The molecule has 2 aliphatic rings. The molecule has 0 amide bonds. The summed E-state index contributed by atoms with van der Waals surface area (Å²) in [7, 11) is 0. The minimum Gasteiger partial charge on any atom is -0.487 e. The van der Waals surface area contributed by atoms with Gasteiger partial charge in [-0.15, -0.1) is 0 Å². The van der Waals surface area contributed by atoms with E-state index in [-0.39, 0.29) is 28.3 Å². The zero-order valence-electron chi connectivity index (χ0n) is 13.5. The highest BCUT2D eigenvalue weighted by molar-refractivity contribution is 5.39. The van der Waals surface area contributed by atoms with Crippen LogP contribution in [0, 0.1) is 16.6 Å². The van der Waals surface area contributed by atoms with Crippen LogP contribution in [0.1, 0.15) is 65.0 Å². The van der Waals surface area contributed by atoms with Crippen LogP contribution in [0.15, 0.2) is 18.2 Å². The van der Waals surface area contributed by atoms with E-state index in [0.717, 1.165) is 30.6 Å². The van der Waals surface area contributed by atoms with E-state index in [2.05, 4.69) is 27.7 Å². The van der Waals surface area contributed by atoms with Crippen LogP contribution in [-0.4, -0.2) is 5.60 Å². The number of rotatable bonds is 0. The van der Waals surface area contributed by atoms with E-state index >= 15 is 0 Å². The molecule has 0 unspecified atom stereocenters. The van der Waals surface area contributed by atoms with Crippen LogP contribution < -0.4 is 10.5 Å². The van der Waals surface area contributed by atoms with Crippen molar-refractivity contribution in [1.29, 1.82) is 0 Å². The molecule has 1 atom stereocenters. The zero-order valence-corrected chi connectivity index (χ0v) is 13.5. The normalized spacial score (nSPS) is 28.8. The van der Waals surface area contributed by atoms with Crippen molar-refractivity contribution in [1.82, 2.24) is 0 Å². The van der Waals surface area contributed by atoms with Crippen LogP contribution in [0.5, 0.6) is 5.75 Å². The SMILES string of the molecule is CC1(C)CC(C)(C)CC2(C[C@H](N)c3cc(F)ccc3O2)C1. The number of nitrogens with two attached hydrogens (primary N) is 1. The van der Waals surface area contributed by atoms with Crippen molar-refractivity contribution >= 4 is 0 Å². The van der Waals surface area contributed by atoms with Gasteiger partial charge >= 0.3 is 0 Å². The van der Waals surface area contributed by atoms with Crippen molar-refractivity contribution in [2.75, 3.05) is 0 Å². The topological polar surface area (TPSA) is 35.2 Å². The Balaban J connectivity index is 1.99. The van der Waals surface area contributed by atoms with Gasteiger partial charge in [0.05, 0.1) is 0 Å². The number of fused-ring (bicyclic) bond motifs is 1. The third kappa shape index (κ3) is 2.80. The maximum atomic E-state index is 13.4. The molecule has 1 aromatic rings. The van der Waals surface area contributed by atoms with Gasteiger partial charge in [-0.05, 0) is 48.3 Å². The number of benzene rings is 1. The summed E-state index contributed by atoms with van der Waals surface area (Å²) >= 11 is 0. The van der Waals surface area contributed by atoms with Gasteiger partial charge in [0.1, 0.15) is 17.2 Å². The van der Waals surface area contributed by atoms with Gasteiger partial charge in [-0.3, -0.25) is 0 Å². The molecular weight excluding hydrogens is 265 g/mol. The van der Waals surface area contributed by atoms with Gasteiger partial charge in [0.2, 0.25) is 0 Å². The molecular formula is C18H26FNO. The largest absolute Gasteiger partial charge is 0.487 e. The van der Waals surface area contributed by atoms with Gasteiger partial charge in [-0.1, -0.05) is 27.7 Å². The predicted octanol–water partition coefficient (Wildman–Crippen LogP) is 4.58. The second-order valence-electron chi connectivity index (χ2n) is 8.64. The zero-order chi connectivity index (χ0) is 15.5. The lowest BCUT2D eigenvalue weighted by molar-refractivity contribution is -0.0840. The molecule has 2 nitrogen and oxygen atoms in total. The van der Waals surface area contributed by atoms with Gasteiger partial charge in [0, 0.05) is 18.0 Å². The Morgan fingerprint density at radius 1 is 1.10 bits per heavy atom. The molecule has 116 valence electrons. The van der Waals surface area contributed by atoms with Crippen molar-refractivity contribution < 1.29 is 9.13 Å². The molecule has 0 saturated heterocycles. The lowest BCUT2D eigenvalue weighted by Crippen LogP contribution is -2.52. The van der Waals surface area contributed by atoms with Crippen LogP contribution >= 0.6 is 0 Å². The molecule has 1 spiro atoms. The summed E-state index contributed by atoms with van der Waals surface area (Å²) in [6, 6.07) is 4.57. The number of hydrogen-bond donors (Lipinski definition) is 1. The van der Waals surface area contributed by atoms with E-state index in [9.17, 15) is 4.39 Å². The number of ether oxygens (including phenoxy) is 1. The van der Waals surface area contributed by atoms with E-state index in [1.54, 1.807) is 6.07 Å². The van der Waals surface area contributed by atoms with E-state index < -0.39 is 0 Å². The summed E-state index contributed by atoms with van der Waals surface area (Å²) in [5.41, 5.74) is 7.42. The highest BCUT2D eigenvalue weighted by atomic mass is 19.1. The number of hydrogen-bond acceptors (Lipinski definition) is 2. The molecule has 3 heteroatoms. The Kier molecular flexibility index (Phi) is 3.14. The quantitative estimate of drug-likeness (QED) is 0.759. The van der Waals surface area contributed by atoms with Crippen LogP contribution in [0.3, 0.4) is 0 Å². The average Bonchev–Trinajstić information content (AvgIpc) is 2.25. The first kappa shape index (κ1) is 14.8. The van der Waals surface area contributed by atoms with Crippen LogP contribution in [0.2, 0.25) is 0 Å². The van der Waals surface area contributed by atoms with E-state index in [4.69, 9.17) is 10.5 Å². The van der Waals surface area contributed by atoms with E-state index in [1.165, 1.54) is 18.6 Å². The summed E-state index contributed by atoms with van der Waals surface area (Å²) in [6.07, 6.45) is 3.98. The monoisotopic (exact) mass is 291 g/mol. The van der Waals surface area contributed by atoms with E-state index in [1.807, 2.05) is 0 Å². The third-order valence-electron chi connectivity index (χ3n) is 4.85. The van der Waals surface area contributed by atoms with E-state index in [0.29, 0.717) is 0 Å². The molecule has 0 bridgehead atoms. The summed E-state index contributed by atoms with van der Waals surface area (Å²) in [5.74, 6) is 0.525. The molecule has 1 fully saturated rings. The minimum absolute atomic E-state index is 0.144. The van der Waals surface area contributed by atoms with Crippen LogP contribution in [-0.2, 0) is 0 Å². The molecule has 2 N–H and O–H groups in total. The maximum absolute atomic E-state index is 13.4. The molecule has 3 rings (SSSR count). The fourth-order valence-corrected chi connectivity index (χ4v) is 5.13. The van der Waals surface area contributed by atoms with Gasteiger partial charge in [0.25, 0.3) is 0 Å². The Hall–Kier alpha value is -1.09. The summed E-state index contributed by atoms with van der Waals surface area (Å²) < 4.78 is 19.8. The molecule has 1 aliphatic carbocycles. The smallest absolute Gasteiger partial charge is 0.125 e. The first-order valence-electron chi connectivity index (χ1n) is 7.84. The lowest BCUT2D eigenvalue weighted by atomic mass is 9.58. The summed E-state index contributed by atoms with van der Waals surface area (Å²) in [6.45, 7) is 9.24. The van der Waals surface area contributed by atoms with Crippen molar-refractivity contribution in [3.8, 4) is 5.75 Å². The van der Waals surface area contributed by atoms with Gasteiger partial charge < -0.3 is 10.5 Å². The molecule has 0 radical (unpaired) electrons. The van der Waals surface area contributed by atoms with Gasteiger partial charge in [0.15, 0.2) is 0 Å². The van der Waals surface area contributed by atoms with Crippen molar-refractivity contribution in [3.05, 3.63) is 29.6 Å². The average molecular weight is 291 g/mol. The second-order valence-corrected chi connectivity index (χ2v) is 8.64. The van der Waals surface area contributed by atoms with Gasteiger partial charge in [-0.2, -0.15) is 0 Å².